The van der Waals surface area contributed by atoms with Crippen LogP contribution in [0.1, 0.15) is 30.8 Å². The summed E-state index contributed by atoms with van der Waals surface area (Å²) in [7, 11) is 0. The SMILES string of the molecule is CCC(NC1CCNC1)c1nccs1. The van der Waals surface area contributed by atoms with Crippen molar-refractivity contribution in [2.45, 2.75) is 31.8 Å². The molecule has 1 aromatic heterocycles. The molecule has 1 saturated heterocycles. The van der Waals surface area contributed by atoms with Gasteiger partial charge in [-0.05, 0) is 19.4 Å². The van der Waals surface area contributed by atoms with Crippen molar-refractivity contribution < 1.29 is 0 Å². The maximum Gasteiger partial charge on any atom is 0.109 e. The van der Waals surface area contributed by atoms with Crippen molar-refractivity contribution in [3.05, 3.63) is 16.6 Å². The summed E-state index contributed by atoms with van der Waals surface area (Å²) in [6.07, 6.45) is 4.24. The summed E-state index contributed by atoms with van der Waals surface area (Å²) >= 11 is 1.74. The molecule has 0 aromatic carbocycles. The summed E-state index contributed by atoms with van der Waals surface area (Å²) in [5.74, 6) is 0. The third kappa shape index (κ3) is 2.32. The fraction of sp³-hybridized carbons (Fsp3) is 0.700. The van der Waals surface area contributed by atoms with Crippen LogP contribution in [0.4, 0.5) is 0 Å². The van der Waals surface area contributed by atoms with Crippen LogP contribution in [-0.4, -0.2) is 24.1 Å². The quantitative estimate of drug-likeness (QED) is 0.793. The molecular weight excluding hydrogens is 194 g/mol. The zero-order valence-electron chi connectivity index (χ0n) is 8.49. The molecule has 2 atom stereocenters. The standard InChI is InChI=1S/C10H17N3S/c1-2-9(10-12-5-6-14-10)13-8-3-4-11-7-8/h5-6,8-9,11,13H,2-4,7H2,1H3. The van der Waals surface area contributed by atoms with Crippen molar-refractivity contribution in [1.82, 2.24) is 15.6 Å². The monoisotopic (exact) mass is 211 g/mol. The average Bonchev–Trinajstić information content (AvgIpc) is 2.86. The topological polar surface area (TPSA) is 37.0 Å². The molecule has 2 heterocycles. The third-order valence-electron chi connectivity index (χ3n) is 2.65. The van der Waals surface area contributed by atoms with Crippen LogP contribution in [0, 0.1) is 0 Å². The highest BCUT2D eigenvalue weighted by atomic mass is 32.1. The van der Waals surface area contributed by atoms with Gasteiger partial charge in [0.15, 0.2) is 0 Å². The molecule has 4 heteroatoms. The lowest BCUT2D eigenvalue weighted by molar-refractivity contribution is 0.443. The first-order chi connectivity index (χ1) is 6.90. The predicted octanol–water partition coefficient (Wildman–Crippen LogP) is 1.55. The first-order valence-electron chi connectivity index (χ1n) is 5.26. The molecule has 0 bridgehead atoms. The highest BCUT2D eigenvalue weighted by Gasteiger charge is 2.19. The van der Waals surface area contributed by atoms with Gasteiger partial charge in [0.2, 0.25) is 0 Å². The lowest BCUT2D eigenvalue weighted by Gasteiger charge is -2.19. The van der Waals surface area contributed by atoms with E-state index in [-0.39, 0.29) is 0 Å². The van der Waals surface area contributed by atoms with Crippen molar-refractivity contribution in [2.75, 3.05) is 13.1 Å². The van der Waals surface area contributed by atoms with Gasteiger partial charge >= 0.3 is 0 Å². The molecule has 0 aliphatic carbocycles. The minimum absolute atomic E-state index is 0.444. The Morgan fingerprint density at radius 3 is 3.29 bits per heavy atom. The maximum atomic E-state index is 4.37. The summed E-state index contributed by atoms with van der Waals surface area (Å²) < 4.78 is 0. The van der Waals surface area contributed by atoms with Gasteiger partial charge in [-0.2, -0.15) is 0 Å². The molecule has 3 nitrogen and oxygen atoms in total. The Morgan fingerprint density at radius 1 is 1.79 bits per heavy atom. The Kier molecular flexibility index (Phi) is 3.50. The molecule has 1 aliphatic rings. The van der Waals surface area contributed by atoms with Crippen LogP contribution < -0.4 is 10.6 Å². The molecule has 0 spiro atoms. The van der Waals surface area contributed by atoms with E-state index in [1.165, 1.54) is 11.4 Å². The lowest BCUT2D eigenvalue weighted by Crippen LogP contribution is -2.34. The Labute approximate surface area is 88.9 Å². The summed E-state index contributed by atoms with van der Waals surface area (Å²) in [4.78, 5) is 4.37. The van der Waals surface area contributed by atoms with E-state index in [2.05, 4.69) is 22.5 Å². The minimum atomic E-state index is 0.444. The Hall–Kier alpha value is -0.450. The predicted molar refractivity (Wildman–Crippen MR) is 59.6 cm³/mol. The molecule has 78 valence electrons. The second kappa shape index (κ2) is 4.87. The van der Waals surface area contributed by atoms with Crippen molar-refractivity contribution in [2.24, 2.45) is 0 Å². The van der Waals surface area contributed by atoms with Crippen LogP contribution in [0.3, 0.4) is 0 Å². The normalized spacial score (nSPS) is 23.9. The van der Waals surface area contributed by atoms with Crippen molar-refractivity contribution in [3.63, 3.8) is 0 Å². The maximum absolute atomic E-state index is 4.37. The third-order valence-corrected chi connectivity index (χ3v) is 3.54. The number of rotatable bonds is 4. The lowest BCUT2D eigenvalue weighted by atomic mass is 10.2. The summed E-state index contributed by atoms with van der Waals surface area (Å²) in [6.45, 7) is 4.45. The van der Waals surface area contributed by atoms with Crippen molar-refractivity contribution in [1.29, 1.82) is 0 Å². The molecule has 1 aliphatic heterocycles. The van der Waals surface area contributed by atoms with E-state index in [1.807, 2.05) is 11.6 Å². The van der Waals surface area contributed by atoms with Crippen LogP contribution in [0.25, 0.3) is 0 Å². The van der Waals surface area contributed by atoms with Gasteiger partial charge in [0.05, 0.1) is 6.04 Å². The zero-order chi connectivity index (χ0) is 9.80. The molecule has 1 fully saturated rings. The van der Waals surface area contributed by atoms with E-state index in [0.29, 0.717) is 12.1 Å². The highest BCUT2D eigenvalue weighted by molar-refractivity contribution is 7.09. The fourth-order valence-electron chi connectivity index (χ4n) is 1.85. The van der Waals surface area contributed by atoms with Gasteiger partial charge in [-0.1, -0.05) is 6.92 Å². The summed E-state index contributed by atoms with van der Waals surface area (Å²) in [5.41, 5.74) is 0. The number of hydrogen-bond donors (Lipinski definition) is 2. The smallest absolute Gasteiger partial charge is 0.109 e. The van der Waals surface area contributed by atoms with E-state index >= 15 is 0 Å². The van der Waals surface area contributed by atoms with E-state index in [9.17, 15) is 0 Å². The van der Waals surface area contributed by atoms with E-state index in [0.717, 1.165) is 19.5 Å². The molecule has 0 radical (unpaired) electrons. The molecule has 0 amide bonds. The van der Waals surface area contributed by atoms with Crippen LogP contribution >= 0.6 is 11.3 Å². The van der Waals surface area contributed by atoms with Crippen LogP contribution in [0.15, 0.2) is 11.6 Å². The number of hydrogen-bond acceptors (Lipinski definition) is 4. The average molecular weight is 211 g/mol. The van der Waals surface area contributed by atoms with E-state index < -0.39 is 0 Å². The van der Waals surface area contributed by atoms with Crippen LogP contribution in [0.2, 0.25) is 0 Å². The van der Waals surface area contributed by atoms with Gasteiger partial charge in [-0.15, -0.1) is 11.3 Å². The van der Waals surface area contributed by atoms with Gasteiger partial charge in [-0.25, -0.2) is 4.98 Å². The molecule has 0 saturated carbocycles. The zero-order valence-corrected chi connectivity index (χ0v) is 9.31. The minimum Gasteiger partial charge on any atom is -0.315 e. The second-order valence-corrected chi connectivity index (χ2v) is 4.61. The van der Waals surface area contributed by atoms with Crippen molar-refractivity contribution >= 4 is 11.3 Å². The molecule has 2 N–H and O–H groups in total. The molecule has 1 aromatic rings. The Morgan fingerprint density at radius 2 is 2.71 bits per heavy atom. The number of nitrogens with one attached hydrogen (secondary N) is 2. The number of aromatic nitrogens is 1. The number of nitrogens with zero attached hydrogens (tertiary/aromatic N) is 1. The molecule has 2 unspecified atom stereocenters. The highest BCUT2D eigenvalue weighted by Crippen LogP contribution is 2.20. The Balaban J connectivity index is 1.93. The Bertz CT molecular complexity index is 254. The van der Waals surface area contributed by atoms with Gasteiger partial charge < -0.3 is 10.6 Å². The van der Waals surface area contributed by atoms with E-state index in [4.69, 9.17) is 0 Å². The van der Waals surface area contributed by atoms with Gasteiger partial charge in [0.25, 0.3) is 0 Å². The van der Waals surface area contributed by atoms with Crippen LogP contribution in [-0.2, 0) is 0 Å². The molecule has 2 rings (SSSR count). The summed E-state index contributed by atoms with van der Waals surface area (Å²) in [5, 5.41) is 10.3. The first kappa shape index (κ1) is 10.1. The van der Waals surface area contributed by atoms with Gasteiger partial charge in [0.1, 0.15) is 5.01 Å². The number of thiazole rings is 1. The van der Waals surface area contributed by atoms with Crippen molar-refractivity contribution in [3.8, 4) is 0 Å². The van der Waals surface area contributed by atoms with Crippen LogP contribution in [0.5, 0.6) is 0 Å². The molecular formula is C10H17N3S. The first-order valence-corrected chi connectivity index (χ1v) is 6.14. The second-order valence-electron chi connectivity index (χ2n) is 3.69. The van der Waals surface area contributed by atoms with Gasteiger partial charge in [0, 0.05) is 24.2 Å². The van der Waals surface area contributed by atoms with E-state index in [1.54, 1.807) is 11.3 Å². The molecule has 14 heavy (non-hydrogen) atoms. The fourth-order valence-corrected chi connectivity index (χ4v) is 2.63. The largest absolute Gasteiger partial charge is 0.315 e. The van der Waals surface area contributed by atoms with Gasteiger partial charge in [-0.3, -0.25) is 0 Å². The summed E-state index contributed by atoms with van der Waals surface area (Å²) in [6, 6.07) is 1.07.